The number of imidazole rings is 1. The van der Waals surface area contributed by atoms with Gasteiger partial charge >= 0.3 is 6.09 Å². The van der Waals surface area contributed by atoms with Gasteiger partial charge in [0.1, 0.15) is 11.3 Å². The van der Waals surface area contributed by atoms with E-state index in [4.69, 9.17) is 9.47 Å². The second kappa shape index (κ2) is 14.2. The Morgan fingerprint density at radius 3 is 2.50 bits per heavy atom. The third-order valence-electron chi connectivity index (χ3n) is 8.56. The third-order valence-corrected chi connectivity index (χ3v) is 8.56. The molecular formula is C32H48FN5O6. The molecule has 2 aromatic rings. The van der Waals surface area contributed by atoms with Gasteiger partial charge in [-0.25, -0.2) is 14.2 Å². The molecule has 0 bridgehead atoms. The molecule has 1 aromatic heterocycles. The number of carbonyl (C=O) groups excluding carboxylic acids is 2. The highest BCUT2D eigenvalue weighted by Gasteiger charge is 2.50. The summed E-state index contributed by atoms with van der Waals surface area (Å²) in [4.78, 5) is 50.7. The Morgan fingerprint density at radius 2 is 1.89 bits per heavy atom. The van der Waals surface area contributed by atoms with E-state index < -0.39 is 41.2 Å². The van der Waals surface area contributed by atoms with E-state index in [1.165, 1.54) is 11.0 Å². The maximum atomic E-state index is 15.2. The summed E-state index contributed by atoms with van der Waals surface area (Å²) in [7, 11) is 1.62. The number of piperidine rings is 1. The lowest BCUT2D eigenvalue weighted by molar-refractivity contribution is -0.144. The summed E-state index contributed by atoms with van der Waals surface area (Å²) in [6.07, 6.45) is 0.554. The summed E-state index contributed by atoms with van der Waals surface area (Å²) in [6, 6.07) is 3.42. The first-order valence-corrected chi connectivity index (χ1v) is 15.7. The Labute approximate surface area is 259 Å². The van der Waals surface area contributed by atoms with Crippen molar-refractivity contribution in [2.45, 2.75) is 72.5 Å². The molecule has 12 heteroatoms. The van der Waals surface area contributed by atoms with Crippen LogP contribution in [-0.2, 0) is 20.8 Å². The number of unbranched alkanes of at least 4 members (excludes halogenated alkanes) is 1. The molecule has 244 valence electrons. The van der Waals surface area contributed by atoms with Crippen LogP contribution in [0.4, 0.5) is 9.18 Å². The lowest BCUT2D eigenvalue weighted by Gasteiger charge is -2.52. The van der Waals surface area contributed by atoms with Crippen molar-refractivity contribution in [3.05, 3.63) is 29.8 Å². The lowest BCUT2D eigenvalue weighted by Crippen LogP contribution is -2.66. The number of carboxylic acid groups (broad SMARTS) is 1. The molecule has 0 aliphatic carbocycles. The molecule has 2 saturated heterocycles. The molecule has 3 heterocycles. The molecule has 1 aromatic carbocycles. The SMILES string of the molecule is COCCCCn1c(C(=O)N(CC(C)C)[C@H]2C[C@@H](C(=O)N3CCOCC3)CN(C(=O)O)C2C(C)(C)C)nc2cccc(F)c21. The summed E-state index contributed by atoms with van der Waals surface area (Å²) in [5.41, 5.74) is 0.0900. The molecule has 2 fully saturated rings. The fourth-order valence-corrected chi connectivity index (χ4v) is 6.74. The molecule has 0 spiro atoms. The van der Waals surface area contributed by atoms with Crippen LogP contribution in [0.2, 0.25) is 0 Å². The van der Waals surface area contributed by atoms with Crippen molar-refractivity contribution in [1.82, 2.24) is 24.3 Å². The quantitative estimate of drug-likeness (QED) is 0.394. The average Bonchev–Trinajstić information content (AvgIpc) is 3.36. The number of hydrogen-bond donors (Lipinski definition) is 1. The standard InChI is InChI=1S/C32H48FN5O6/c1-21(2)19-37(30(40)28-34-24-11-9-10-23(33)26(24)36(28)12-7-8-15-43-6)25-18-22(29(39)35-13-16-44-17-14-35)20-38(31(41)42)27(25)32(3,4)5/h9-11,21-22,25,27H,7-8,12-20H2,1-6H3,(H,41,42)/t22-,25+,27?/m1/s1. The Balaban J connectivity index is 1.80. The Kier molecular flexibility index (Phi) is 10.9. The molecule has 4 rings (SSSR count). The zero-order valence-electron chi connectivity index (χ0n) is 26.9. The van der Waals surface area contributed by atoms with Gasteiger partial charge in [0, 0.05) is 46.4 Å². The molecule has 1 unspecified atom stereocenters. The van der Waals surface area contributed by atoms with Crippen LogP contribution < -0.4 is 0 Å². The maximum Gasteiger partial charge on any atom is 0.407 e. The van der Waals surface area contributed by atoms with Crippen LogP contribution >= 0.6 is 0 Å². The first kappa shape index (κ1) is 33.6. The molecule has 2 aliphatic rings. The Bertz CT molecular complexity index is 1320. The minimum atomic E-state index is -1.13. The number of fused-ring (bicyclic) bond motifs is 1. The van der Waals surface area contributed by atoms with Crippen molar-refractivity contribution in [1.29, 1.82) is 0 Å². The van der Waals surface area contributed by atoms with Crippen molar-refractivity contribution >= 4 is 28.9 Å². The summed E-state index contributed by atoms with van der Waals surface area (Å²) in [5.74, 6) is -1.47. The van der Waals surface area contributed by atoms with Crippen molar-refractivity contribution in [3.8, 4) is 0 Å². The number of halogens is 1. The molecule has 0 saturated carbocycles. The fraction of sp³-hybridized carbons (Fsp3) is 0.688. The number of carbonyl (C=O) groups is 3. The minimum Gasteiger partial charge on any atom is -0.465 e. The van der Waals surface area contributed by atoms with E-state index in [9.17, 15) is 19.5 Å². The van der Waals surface area contributed by atoms with Crippen LogP contribution in [0.5, 0.6) is 0 Å². The van der Waals surface area contributed by atoms with Crippen molar-refractivity contribution in [2.24, 2.45) is 17.3 Å². The third kappa shape index (κ3) is 7.34. The van der Waals surface area contributed by atoms with Gasteiger partial charge in [0.15, 0.2) is 5.82 Å². The predicted molar refractivity (Wildman–Crippen MR) is 164 cm³/mol. The smallest absolute Gasteiger partial charge is 0.407 e. The molecule has 3 amide bonds. The number of nitrogens with zero attached hydrogens (tertiary/aromatic N) is 5. The normalized spacial score (nSPS) is 21.2. The van der Waals surface area contributed by atoms with E-state index in [-0.39, 0.29) is 29.7 Å². The highest BCUT2D eigenvalue weighted by molar-refractivity contribution is 5.95. The highest BCUT2D eigenvalue weighted by atomic mass is 19.1. The molecule has 44 heavy (non-hydrogen) atoms. The first-order chi connectivity index (χ1) is 20.8. The van der Waals surface area contributed by atoms with Gasteiger partial charge in [-0.05, 0) is 42.7 Å². The largest absolute Gasteiger partial charge is 0.465 e. The van der Waals surface area contributed by atoms with E-state index >= 15 is 4.39 Å². The molecule has 11 nitrogen and oxygen atoms in total. The van der Waals surface area contributed by atoms with Gasteiger partial charge in [-0.15, -0.1) is 0 Å². The van der Waals surface area contributed by atoms with Crippen LogP contribution in [0.3, 0.4) is 0 Å². The van der Waals surface area contributed by atoms with Crippen LogP contribution in [0.15, 0.2) is 18.2 Å². The van der Waals surface area contributed by atoms with E-state index in [1.54, 1.807) is 33.6 Å². The van der Waals surface area contributed by atoms with Crippen LogP contribution in [0, 0.1) is 23.1 Å². The van der Waals surface area contributed by atoms with E-state index in [0.29, 0.717) is 64.4 Å². The lowest BCUT2D eigenvalue weighted by atomic mass is 9.74. The number of methoxy groups -OCH3 is 1. The molecule has 1 N–H and O–H groups in total. The number of morpholine rings is 1. The number of benzene rings is 1. The van der Waals surface area contributed by atoms with E-state index in [0.717, 1.165) is 6.42 Å². The van der Waals surface area contributed by atoms with Gasteiger partial charge in [-0.1, -0.05) is 40.7 Å². The zero-order chi connectivity index (χ0) is 32.2. The fourth-order valence-electron chi connectivity index (χ4n) is 6.74. The van der Waals surface area contributed by atoms with E-state index in [2.05, 4.69) is 4.98 Å². The highest BCUT2D eigenvalue weighted by Crippen LogP contribution is 2.38. The van der Waals surface area contributed by atoms with Gasteiger partial charge in [0.05, 0.1) is 36.7 Å². The first-order valence-electron chi connectivity index (χ1n) is 15.7. The molecular weight excluding hydrogens is 569 g/mol. The Morgan fingerprint density at radius 1 is 1.18 bits per heavy atom. The number of aryl methyl sites for hydroxylation is 1. The van der Waals surface area contributed by atoms with Gasteiger partial charge in [-0.3, -0.25) is 9.59 Å². The number of ether oxygens (including phenoxy) is 2. The monoisotopic (exact) mass is 617 g/mol. The molecule has 0 radical (unpaired) electrons. The van der Waals surface area contributed by atoms with Crippen LogP contribution in [-0.4, -0.2) is 112 Å². The molecule has 2 aliphatic heterocycles. The summed E-state index contributed by atoms with van der Waals surface area (Å²) < 4.78 is 27.5. The number of aromatic nitrogens is 2. The zero-order valence-corrected chi connectivity index (χ0v) is 26.9. The minimum absolute atomic E-state index is 0.0319. The van der Waals surface area contributed by atoms with Crippen molar-refractivity contribution in [2.75, 3.05) is 53.1 Å². The number of hydrogen-bond acceptors (Lipinski definition) is 6. The predicted octanol–water partition coefficient (Wildman–Crippen LogP) is 4.34. The topological polar surface area (TPSA) is 117 Å². The number of amides is 3. The number of likely N-dealkylation sites (tertiary alicyclic amines) is 1. The van der Waals surface area contributed by atoms with Gasteiger partial charge < -0.3 is 33.8 Å². The van der Waals surface area contributed by atoms with E-state index in [1.807, 2.05) is 34.6 Å². The second-order valence-corrected chi connectivity index (χ2v) is 13.4. The van der Waals surface area contributed by atoms with Crippen molar-refractivity contribution in [3.63, 3.8) is 0 Å². The maximum absolute atomic E-state index is 15.2. The summed E-state index contributed by atoms with van der Waals surface area (Å²) in [6.45, 7) is 12.9. The van der Waals surface area contributed by atoms with Crippen LogP contribution in [0.25, 0.3) is 11.0 Å². The van der Waals surface area contributed by atoms with Crippen LogP contribution in [0.1, 0.15) is 64.5 Å². The average molecular weight is 618 g/mol. The van der Waals surface area contributed by atoms with Gasteiger partial charge in [0.25, 0.3) is 5.91 Å². The van der Waals surface area contributed by atoms with Gasteiger partial charge in [0.2, 0.25) is 5.91 Å². The second-order valence-electron chi connectivity index (χ2n) is 13.4. The summed E-state index contributed by atoms with van der Waals surface area (Å²) in [5, 5.41) is 10.4. The Hall–Kier alpha value is -3.25. The number of para-hydroxylation sites is 1. The van der Waals surface area contributed by atoms with Crippen molar-refractivity contribution < 1.29 is 33.4 Å². The number of rotatable bonds is 10. The summed E-state index contributed by atoms with van der Waals surface area (Å²) >= 11 is 0. The molecule has 3 atom stereocenters. The van der Waals surface area contributed by atoms with Gasteiger partial charge in [-0.2, -0.15) is 0 Å².